The number of amides is 1. The van der Waals surface area contributed by atoms with Crippen LogP contribution in [0.3, 0.4) is 0 Å². The summed E-state index contributed by atoms with van der Waals surface area (Å²) in [5, 5.41) is 5.17. The molecule has 1 amide bonds. The van der Waals surface area contributed by atoms with Gasteiger partial charge in [0.25, 0.3) is 0 Å². The van der Waals surface area contributed by atoms with Crippen molar-refractivity contribution in [3.8, 4) is 0 Å². The second-order valence-electron chi connectivity index (χ2n) is 11.0. The molecule has 0 heterocycles. The fourth-order valence-corrected chi connectivity index (χ4v) is 9.85. The summed E-state index contributed by atoms with van der Waals surface area (Å²) in [4.78, 5) is 12.8. The van der Waals surface area contributed by atoms with Crippen LogP contribution >= 0.6 is 0 Å². The Bertz CT molecular complexity index is 900. The number of carbonyl (C=O) groups excluding carboxylic acids is 1. The largest absolute Gasteiger partial charge is 2.00 e. The second-order valence-corrected chi connectivity index (χ2v) is 21.5. The minimum atomic E-state index is -2.00. The Labute approximate surface area is 212 Å². The van der Waals surface area contributed by atoms with Crippen LogP contribution in [0.25, 0.3) is 10.8 Å². The molecule has 0 radical (unpaired) electrons. The van der Waals surface area contributed by atoms with Gasteiger partial charge < -0.3 is 30.5 Å². The van der Waals surface area contributed by atoms with E-state index in [1.165, 1.54) is 10.4 Å². The van der Waals surface area contributed by atoms with Crippen LogP contribution in [0.1, 0.15) is 51.9 Å². The van der Waals surface area contributed by atoms with Crippen LogP contribution in [0, 0.1) is 0 Å². The Kier molecular flexibility index (Phi) is 10.9. The van der Waals surface area contributed by atoms with Gasteiger partial charge in [-0.3, -0.25) is 4.79 Å². The maximum atomic E-state index is 12.8. The average Bonchev–Trinajstić information content (AvgIpc) is 2.50. The summed E-state index contributed by atoms with van der Waals surface area (Å²) in [5.41, 5.74) is 6.82. The van der Waals surface area contributed by atoms with Gasteiger partial charge in [-0.05, 0) is 26.0 Å². The van der Waals surface area contributed by atoms with E-state index in [9.17, 15) is 4.79 Å². The number of carbonyl (C=O) groups is 1. The van der Waals surface area contributed by atoms with E-state index >= 15 is 0 Å². The third-order valence-corrected chi connectivity index (χ3v) is 18.6. The second kappa shape index (κ2) is 10.2. The molecule has 0 fully saturated rings. The normalized spacial score (nSPS) is 12.5. The molecule has 2 rings (SSSR count). The van der Waals surface area contributed by atoms with Crippen molar-refractivity contribution in [3.63, 3.8) is 0 Å². The number of fused-ring (bicyclic) bond motifs is 1. The number of hydrogen-bond donors (Lipinski definition) is 1. The van der Waals surface area contributed by atoms with Crippen LogP contribution < -0.4 is 40.9 Å². The standard InChI is InChI=1S/C23H37NOSi2.2ClH.Ti/c1-22(2,3)26(7,8)18-15-16-13-11-12-14-17(16)19(21(24)25)20(18)27(9,10)23(4,5)6;;;/h11-15H,1-10H3,(H2,24,25);2*1H;/q;;;+2/p-2. The zero-order valence-corrected chi connectivity index (χ0v) is 25.2. The Morgan fingerprint density at radius 1 is 0.833 bits per heavy atom. The number of primary amides is 1. The average molecular weight is 519 g/mol. The topological polar surface area (TPSA) is 43.1 Å². The summed E-state index contributed by atoms with van der Waals surface area (Å²) in [6.45, 7) is 23.7. The number of benzene rings is 2. The summed E-state index contributed by atoms with van der Waals surface area (Å²) >= 11 is 0. The molecule has 0 aliphatic heterocycles. The molecule has 0 spiro atoms. The van der Waals surface area contributed by atoms with E-state index in [-0.39, 0.29) is 62.5 Å². The Balaban J connectivity index is 0. The van der Waals surface area contributed by atoms with Gasteiger partial charge in [-0.25, -0.2) is 0 Å². The third kappa shape index (κ3) is 5.44. The first-order valence-corrected chi connectivity index (χ1v) is 15.9. The Morgan fingerprint density at radius 3 is 1.67 bits per heavy atom. The zero-order valence-electron chi connectivity index (χ0n) is 20.1. The van der Waals surface area contributed by atoms with Crippen molar-refractivity contribution in [3.05, 3.63) is 35.9 Å². The number of halogens is 2. The molecule has 0 unspecified atom stereocenters. The first-order valence-electron chi connectivity index (χ1n) is 9.90. The smallest absolute Gasteiger partial charge is 1.00 e. The molecule has 0 saturated carbocycles. The first-order chi connectivity index (χ1) is 12.0. The number of rotatable bonds is 3. The summed E-state index contributed by atoms with van der Waals surface area (Å²) in [7, 11) is -3.89. The zero-order chi connectivity index (χ0) is 21.0. The van der Waals surface area contributed by atoms with Crippen LogP contribution in [-0.2, 0) is 21.7 Å². The molecule has 2 nitrogen and oxygen atoms in total. The molecule has 0 saturated heterocycles. The van der Waals surface area contributed by atoms with E-state index in [0.29, 0.717) is 0 Å². The predicted octanol–water partition coefficient (Wildman–Crippen LogP) is -0.625. The molecule has 2 N–H and O–H groups in total. The van der Waals surface area contributed by atoms with Crippen molar-refractivity contribution < 1.29 is 51.3 Å². The molecule has 2 aromatic carbocycles. The molecule has 0 aliphatic rings. The Hall–Kier alpha value is -0.102. The van der Waals surface area contributed by atoms with Gasteiger partial charge in [-0.15, -0.1) is 0 Å². The predicted molar refractivity (Wildman–Crippen MR) is 126 cm³/mol. The maximum absolute atomic E-state index is 12.8. The Morgan fingerprint density at radius 2 is 1.27 bits per heavy atom. The quantitative estimate of drug-likeness (QED) is 0.541. The molecule has 0 aliphatic carbocycles. The van der Waals surface area contributed by atoms with Crippen LogP contribution in [0.4, 0.5) is 0 Å². The van der Waals surface area contributed by atoms with E-state index < -0.39 is 16.1 Å². The summed E-state index contributed by atoms with van der Waals surface area (Å²) in [6.07, 6.45) is 0. The van der Waals surface area contributed by atoms with Gasteiger partial charge in [-0.2, -0.15) is 0 Å². The number of nitrogens with two attached hydrogens (primary N) is 1. The third-order valence-electron chi connectivity index (χ3n) is 7.34. The monoisotopic (exact) mass is 517 g/mol. The summed E-state index contributed by atoms with van der Waals surface area (Å²) in [6, 6.07) is 10.6. The first kappa shape index (κ1) is 32.1. The van der Waals surface area contributed by atoms with Crippen LogP contribution in [0.5, 0.6) is 0 Å². The molecule has 2 aromatic rings. The van der Waals surface area contributed by atoms with Crippen LogP contribution in [-0.4, -0.2) is 22.1 Å². The van der Waals surface area contributed by atoms with Crippen molar-refractivity contribution in [2.45, 2.75) is 77.8 Å². The maximum Gasteiger partial charge on any atom is 2.00 e. The van der Waals surface area contributed by atoms with E-state index in [4.69, 9.17) is 5.73 Å². The van der Waals surface area contributed by atoms with Crippen molar-refractivity contribution in [1.82, 2.24) is 0 Å². The fraction of sp³-hybridized carbons (Fsp3) is 0.522. The van der Waals surface area contributed by atoms with Crippen molar-refractivity contribution in [2.75, 3.05) is 0 Å². The molecule has 0 aromatic heterocycles. The SMILES string of the molecule is CC(C)(C)[Si](C)(C)c1cc2ccccc2c(C(N)=O)c1[Si](C)(C)C(C)(C)C.[Cl-].[Cl-].[Ti+2]. The van der Waals surface area contributed by atoms with Gasteiger partial charge in [0.1, 0.15) is 0 Å². The van der Waals surface area contributed by atoms with Gasteiger partial charge in [0.2, 0.25) is 5.91 Å². The van der Waals surface area contributed by atoms with Gasteiger partial charge in [0.15, 0.2) is 0 Å². The van der Waals surface area contributed by atoms with E-state index in [1.807, 2.05) is 6.07 Å². The molecular formula is C23H37Cl2NOSi2Ti. The minimum absolute atomic E-state index is 0. The van der Waals surface area contributed by atoms with Gasteiger partial charge >= 0.3 is 21.7 Å². The summed E-state index contributed by atoms with van der Waals surface area (Å²) in [5.74, 6) is -0.286. The molecule has 0 bridgehead atoms. The van der Waals surface area contributed by atoms with Gasteiger partial charge in [0.05, 0.1) is 16.1 Å². The molecule has 7 heteroatoms. The minimum Gasteiger partial charge on any atom is -1.00 e. The fourth-order valence-electron chi connectivity index (χ4n) is 3.52. The number of hydrogen-bond acceptors (Lipinski definition) is 1. The van der Waals surface area contributed by atoms with Crippen LogP contribution in [0.2, 0.25) is 36.3 Å². The summed E-state index contributed by atoms with van der Waals surface area (Å²) < 4.78 is 0. The van der Waals surface area contributed by atoms with Crippen LogP contribution in [0.15, 0.2) is 30.3 Å². The molecule has 0 atom stereocenters. The van der Waals surface area contributed by atoms with Crippen molar-refractivity contribution in [1.29, 1.82) is 0 Å². The van der Waals surface area contributed by atoms with E-state index in [1.54, 1.807) is 0 Å². The van der Waals surface area contributed by atoms with Crippen molar-refractivity contribution >= 4 is 43.2 Å². The van der Waals surface area contributed by atoms with E-state index in [0.717, 1.165) is 16.3 Å². The van der Waals surface area contributed by atoms with Gasteiger partial charge in [0, 0.05) is 5.56 Å². The van der Waals surface area contributed by atoms with Gasteiger partial charge in [-0.1, -0.05) is 103 Å². The molecular weight excluding hydrogens is 481 g/mol. The van der Waals surface area contributed by atoms with Crippen molar-refractivity contribution in [2.24, 2.45) is 5.73 Å². The molecule has 30 heavy (non-hydrogen) atoms. The van der Waals surface area contributed by atoms with E-state index in [2.05, 4.69) is 92.0 Å². The molecule has 166 valence electrons.